The Bertz CT molecular complexity index is 89.8. The molecule has 0 saturated heterocycles. The highest BCUT2D eigenvalue weighted by Gasteiger charge is 2.05. The molecule has 2 atom stereocenters. The second-order valence-electron chi connectivity index (χ2n) is 2.41. The summed E-state index contributed by atoms with van der Waals surface area (Å²) in [5.41, 5.74) is 0. The lowest BCUT2D eigenvalue weighted by molar-refractivity contribution is -0.0260. The quantitative estimate of drug-likeness (QED) is 0.613. The number of ether oxygens (including phenoxy) is 2. The first kappa shape index (κ1) is 11.2. The Balaban J connectivity index is 3.22. The minimum Gasteiger partial charge on any atom is -0.389 e. The number of aliphatic hydroxyl groups excluding tert-OH is 1. The minimum atomic E-state index is -0.573. The maximum atomic E-state index is 8.98. The van der Waals surface area contributed by atoms with Crippen LogP contribution in [0.4, 0.5) is 0 Å². The molecule has 0 aliphatic carbocycles. The number of alkyl halides is 1. The number of hydrogen-bond acceptors (Lipinski definition) is 3. The summed E-state index contributed by atoms with van der Waals surface area (Å²) in [6.45, 7) is 2.69. The summed E-state index contributed by atoms with van der Waals surface area (Å²) in [4.78, 5) is 0. The maximum Gasteiger partial charge on any atom is 0.0908 e. The molecule has 4 heteroatoms. The van der Waals surface area contributed by atoms with Crippen LogP contribution in [0.25, 0.3) is 0 Å². The molecule has 0 heterocycles. The van der Waals surface area contributed by atoms with Crippen molar-refractivity contribution in [1.82, 2.24) is 0 Å². The van der Waals surface area contributed by atoms with Gasteiger partial charge in [0, 0.05) is 7.11 Å². The van der Waals surface area contributed by atoms with Gasteiger partial charge in [0.15, 0.2) is 0 Å². The number of halogens is 1. The van der Waals surface area contributed by atoms with E-state index in [-0.39, 0.29) is 18.6 Å². The summed E-state index contributed by atoms with van der Waals surface area (Å²) < 4.78 is 10.0. The van der Waals surface area contributed by atoms with E-state index in [2.05, 4.69) is 0 Å². The van der Waals surface area contributed by atoms with E-state index in [1.807, 2.05) is 6.92 Å². The van der Waals surface area contributed by atoms with Gasteiger partial charge < -0.3 is 14.6 Å². The number of hydrogen-bond donors (Lipinski definition) is 1. The van der Waals surface area contributed by atoms with Crippen LogP contribution in [0.5, 0.6) is 0 Å². The van der Waals surface area contributed by atoms with Crippen molar-refractivity contribution in [2.45, 2.75) is 19.1 Å². The largest absolute Gasteiger partial charge is 0.389 e. The van der Waals surface area contributed by atoms with Crippen LogP contribution in [-0.2, 0) is 9.47 Å². The van der Waals surface area contributed by atoms with Crippen LogP contribution in [0.3, 0.4) is 0 Å². The Morgan fingerprint density at radius 3 is 2.55 bits per heavy atom. The van der Waals surface area contributed by atoms with Gasteiger partial charge in [-0.2, -0.15) is 0 Å². The third kappa shape index (κ3) is 6.56. The first-order chi connectivity index (χ1) is 5.20. The SMILES string of the molecule is COC[C@@H](C)OC[C@@H](O)CCl. The molecule has 1 N–H and O–H groups in total. The molecule has 0 radical (unpaired) electrons. The third-order valence-corrected chi connectivity index (χ3v) is 1.51. The van der Waals surface area contributed by atoms with Gasteiger partial charge in [-0.3, -0.25) is 0 Å². The van der Waals surface area contributed by atoms with Crippen molar-refractivity contribution < 1.29 is 14.6 Å². The standard InChI is InChI=1S/C7H15ClO3/c1-6(4-10-2)11-5-7(9)3-8/h6-7,9H,3-5H2,1-2H3/t6-,7+/m1/s1. The van der Waals surface area contributed by atoms with E-state index in [1.54, 1.807) is 7.11 Å². The Morgan fingerprint density at radius 2 is 2.09 bits per heavy atom. The Hall–Kier alpha value is 0.170. The Kier molecular flexibility index (Phi) is 6.96. The maximum absolute atomic E-state index is 8.98. The number of methoxy groups -OCH3 is 1. The van der Waals surface area contributed by atoms with Gasteiger partial charge in [0.2, 0.25) is 0 Å². The monoisotopic (exact) mass is 182 g/mol. The molecule has 3 nitrogen and oxygen atoms in total. The molecule has 0 unspecified atom stereocenters. The number of aliphatic hydroxyl groups is 1. The van der Waals surface area contributed by atoms with Crippen molar-refractivity contribution in [2.24, 2.45) is 0 Å². The zero-order valence-corrected chi connectivity index (χ0v) is 7.67. The van der Waals surface area contributed by atoms with Crippen LogP contribution < -0.4 is 0 Å². The van der Waals surface area contributed by atoms with E-state index in [9.17, 15) is 0 Å². The lowest BCUT2D eigenvalue weighted by Crippen LogP contribution is -2.23. The molecule has 0 bridgehead atoms. The van der Waals surface area contributed by atoms with E-state index in [4.69, 9.17) is 26.2 Å². The van der Waals surface area contributed by atoms with Gasteiger partial charge >= 0.3 is 0 Å². The second kappa shape index (κ2) is 6.85. The van der Waals surface area contributed by atoms with Crippen LogP contribution in [-0.4, -0.2) is 43.5 Å². The lowest BCUT2D eigenvalue weighted by Gasteiger charge is -2.13. The molecule has 0 fully saturated rings. The summed E-state index contributed by atoms with van der Waals surface area (Å²) >= 11 is 5.35. The molecule has 0 spiro atoms. The zero-order valence-electron chi connectivity index (χ0n) is 6.92. The first-order valence-electron chi connectivity index (χ1n) is 3.55. The lowest BCUT2D eigenvalue weighted by atomic mass is 10.4. The van der Waals surface area contributed by atoms with Gasteiger partial charge in [-0.1, -0.05) is 0 Å². The van der Waals surface area contributed by atoms with Crippen molar-refractivity contribution >= 4 is 11.6 Å². The topological polar surface area (TPSA) is 38.7 Å². The molecule has 0 aromatic rings. The molecule has 0 aliphatic rings. The van der Waals surface area contributed by atoms with Gasteiger partial charge in [0.1, 0.15) is 0 Å². The average Bonchev–Trinajstić information content (AvgIpc) is 2.01. The Labute approximate surface area is 72.3 Å². The number of rotatable bonds is 6. The molecule has 68 valence electrons. The first-order valence-corrected chi connectivity index (χ1v) is 4.08. The summed E-state index contributed by atoms with van der Waals surface area (Å²) in [5.74, 6) is 0.208. The fourth-order valence-electron chi connectivity index (χ4n) is 0.603. The summed E-state index contributed by atoms with van der Waals surface area (Å²) in [5, 5.41) is 8.98. The van der Waals surface area contributed by atoms with Crippen LogP contribution in [0.1, 0.15) is 6.92 Å². The van der Waals surface area contributed by atoms with Crippen molar-refractivity contribution in [2.75, 3.05) is 26.2 Å². The predicted molar refractivity (Wildman–Crippen MR) is 44.0 cm³/mol. The van der Waals surface area contributed by atoms with Crippen molar-refractivity contribution in [3.63, 3.8) is 0 Å². The van der Waals surface area contributed by atoms with Crippen LogP contribution in [0.2, 0.25) is 0 Å². The minimum absolute atomic E-state index is 0.0119. The van der Waals surface area contributed by atoms with Gasteiger partial charge in [-0.25, -0.2) is 0 Å². The van der Waals surface area contributed by atoms with Gasteiger partial charge in [0.05, 0.1) is 31.3 Å². The normalized spacial score (nSPS) is 16.4. The van der Waals surface area contributed by atoms with E-state index in [1.165, 1.54) is 0 Å². The van der Waals surface area contributed by atoms with Crippen LogP contribution in [0.15, 0.2) is 0 Å². The highest BCUT2D eigenvalue weighted by Crippen LogP contribution is 1.95. The van der Waals surface area contributed by atoms with E-state index in [0.29, 0.717) is 6.61 Å². The van der Waals surface area contributed by atoms with Gasteiger partial charge in [-0.15, -0.1) is 11.6 Å². The molecular formula is C7H15ClO3. The molecular weight excluding hydrogens is 168 g/mol. The van der Waals surface area contributed by atoms with E-state index in [0.717, 1.165) is 0 Å². The predicted octanol–water partition coefficient (Wildman–Crippen LogP) is 0.638. The average molecular weight is 183 g/mol. The van der Waals surface area contributed by atoms with Crippen LogP contribution >= 0.6 is 11.6 Å². The van der Waals surface area contributed by atoms with Gasteiger partial charge in [-0.05, 0) is 6.92 Å². The molecule has 0 aromatic carbocycles. The molecule has 0 saturated carbocycles. The fourth-order valence-corrected chi connectivity index (χ4v) is 0.692. The van der Waals surface area contributed by atoms with Crippen molar-refractivity contribution in [3.8, 4) is 0 Å². The molecule has 11 heavy (non-hydrogen) atoms. The molecule has 0 aromatic heterocycles. The zero-order chi connectivity index (χ0) is 8.69. The second-order valence-corrected chi connectivity index (χ2v) is 2.72. The van der Waals surface area contributed by atoms with Crippen LogP contribution in [0, 0.1) is 0 Å². The summed E-state index contributed by atoms with van der Waals surface area (Å²) in [7, 11) is 1.61. The Morgan fingerprint density at radius 1 is 1.45 bits per heavy atom. The van der Waals surface area contributed by atoms with E-state index < -0.39 is 6.10 Å². The highest BCUT2D eigenvalue weighted by atomic mass is 35.5. The summed E-state index contributed by atoms with van der Waals surface area (Å²) in [6.07, 6.45) is -0.561. The highest BCUT2D eigenvalue weighted by molar-refractivity contribution is 6.18. The third-order valence-electron chi connectivity index (χ3n) is 1.15. The molecule has 0 aliphatic heterocycles. The van der Waals surface area contributed by atoms with E-state index >= 15 is 0 Å². The molecule has 0 amide bonds. The van der Waals surface area contributed by atoms with Gasteiger partial charge in [0.25, 0.3) is 0 Å². The molecule has 0 rings (SSSR count). The van der Waals surface area contributed by atoms with Crippen molar-refractivity contribution in [1.29, 1.82) is 0 Å². The fraction of sp³-hybridized carbons (Fsp3) is 1.00. The smallest absolute Gasteiger partial charge is 0.0908 e. The summed E-state index contributed by atoms with van der Waals surface area (Å²) in [6, 6.07) is 0. The van der Waals surface area contributed by atoms with Crippen molar-refractivity contribution in [3.05, 3.63) is 0 Å².